The van der Waals surface area contributed by atoms with Crippen molar-refractivity contribution in [3.63, 3.8) is 0 Å². The third-order valence-corrected chi connectivity index (χ3v) is 5.66. The van der Waals surface area contributed by atoms with Gasteiger partial charge < -0.3 is 10.6 Å². The lowest BCUT2D eigenvalue weighted by Gasteiger charge is -2.36. The van der Waals surface area contributed by atoms with Gasteiger partial charge in [-0.25, -0.2) is 0 Å². The standard InChI is InChI=1S/C16H27ClN2S/c1-3-4-12-5-7-15(18)13(9-12)10-19(2)11-14-6-8-16(17)20-14/h6,8,12-13,15H,3-5,7,9-11,18H2,1-2H3. The van der Waals surface area contributed by atoms with E-state index in [2.05, 4.69) is 24.9 Å². The first-order chi connectivity index (χ1) is 9.58. The Morgan fingerprint density at radius 1 is 1.40 bits per heavy atom. The molecular formula is C16H27ClN2S. The zero-order valence-corrected chi connectivity index (χ0v) is 14.2. The van der Waals surface area contributed by atoms with Crippen LogP contribution >= 0.6 is 22.9 Å². The monoisotopic (exact) mass is 314 g/mol. The van der Waals surface area contributed by atoms with Gasteiger partial charge in [-0.2, -0.15) is 0 Å². The van der Waals surface area contributed by atoms with E-state index >= 15 is 0 Å². The van der Waals surface area contributed by atoms with Gasteiger partial charge in [-0.15, -0.1) is 11.3 Å². The molecule has 2 N–H and O–H groups in total. The number of nitrogens with zero attached hydrogens (tertiary/aromatic N) is 1. The Balaban J connectivity index is 1.83. The van der Waals surface area contributed by atoms with Crippen LogP contribution in [0.4, 0.5) is 0 Å². The SMILES string of the molecule is CCCC1CCC(N)C(CN(C)Cc2ccc(Cl)s2)C1. The Bertz CT molecular complexity index is 407. The van der Waals surface area contributed by atoms with Crippen molar-refractivity contribution in [1.82, 2.24) is 4.90 Å². The van der Waals surface area contributed by atoms with Crippen molar-refractivity contribution in [2.75, 3.05) is 13.6 Å². The second kappa shape index (κ2) is 7.79. The maximum atomic E-state index is 6.34. The molecule has 1 aliphatic rings. The molecular weight excluding hydrogens is 288 g/mol. The predicted molar refractivity (Wildman–Crippen MR) is 89.4 cm³/mol. The number of thiophene rings is 1. The molecule has 1 saturated carbocycles. The van der Waals surface area contributed by atoms with Gasteiger partial charge in [0.05, 0.1) is 4.34 Å². The maximum absolute atomic E-state index is 6.34. The summed E-state index contributed by atoms with van der Waals surface area (Å²) in [6.45, 7) is 4.38. The topological polar surface area (TPSA) is 29.3 Å². The quantitative estimate of drug-likeness (QED) is 0.844. The maximum Gasteiger partial charge on any atom is 0.0931 e. The Hall–Kier alpha value is -0.0900. The summed E-state index contributed by atoms with van der Waals surface area (Å²) in [5.41, 5.74) is 6.34. The second-order valence-electron chi connectivity index (χ2n) is 6.29. The summed E-state index contributed by atoms with van der Waals surface area (Å²) in [6, 6.07) is 4.50. The minimum absolute atomic E-state index is 0.387. The molecule has 0 aliphatic heterocycles. The first kappa shape index (κ1) is 16.3. The first-order valence-corrected chi connectivity index (χ1v) is 8.96. The second-order valence-corrected chi connectivity index (χ2v) is 8.09. The molecule has 4 heteroatoms. The lowest BCUT2D eigenvalue weighted by atomic mass is 9.76. The summed E-state index contributed by atoms with van der Waals surface area (Å²) >= 11 is 7.67. The largest absolute Gasteiger partial charge is 0.327 e. The highest BCUT2D eigenvalue weighted by atomic mass is 35.5. The van der Waals surface area contributed by atoms with Crippen LogP contribution in [-0.4, -0.2) is 24.5 Å². The fraction of sp³-hybridized carbons (Fsp3) is 0.750. The minimum atomic E-state index is 0.387. The summed E-state index contributed by atoms with van der Waals surface area (Å²) in [5, 5.41) is 0. The van der Waals surface area contributed by atoms with Crippen molar-refractivity contribution in [2.45, 2.75) is 51.6 Å². The summed E-state index contributed by atoms with van der Waals surface area (Å²) in [5.74, 6) is 1.55. The van der Waals surface area contributed by atoms with E-state index in [1.165, 1.54) is 37.0 Å². The van der Waals surface area contributed by atoms with E-state index < -0.39 is 0 Å². The molecule has 0 saturated heterocycles. The van der Waals surface area contributed by atoms with E-state index in [1.807, 2.05) is 6.07 Å². The molecule has 2 rings (SSSR count). The Labute approximate surface area is 132 Å². The summed E-state index contributed by atoms with van der Waals surface area (Å²) < 4.78 is 0.880. The van der Waals surface area contributed by atoms with E-state index in [9.17, 15) is 0 Å². The van der Waals surface area contributed by atoms with Crippen molar-refractivity contribution in [3.05, 3.63) is 21.3 Å². The fourth-order valence-corrected chi connectivity index (χ4v) is 4.60. The van der Waals surface area contributed by atoms with E-state index in [1.54, 1.807) is 11.3 Å². The molecule has 1 heterocycles. The van der Waals surface area contributed by atoms with Crippen molar-refractivity contribution in [1.29, 1.82) is 0 Å². The van der Waals surface area contributed by atoms with Gasteiger partial charge in [0.25, 0.3) is 0 Å². The normalized spacial score (nSPS) is 27.1. The van der Waals surface area contributed by atoms with Gasteiger partial charge in [0.2, 0.25) is 0 Å². The van der Waals surface area contributed by atoms with Crippen molar-refractivity contribution < 1.29 is 0 Å². The van der Waals surface area contributed by atoms with Crippen LogP contribution in [0.5, 0.6) is 0 Å². The highest BCUT2D eigenvalue weighted by Gasteiger charge is 2.28. The van der Waals surface area contributed by atoms with Gasteiger partial charge >= 0.3 is 0 Å². The van der Waals surface area contributed by atoms with Gasteiger partial charge in [0.1, 0.15) is 0 Å². The molecule has 0 amide bonds. The lowest BCUT2D eigenvalue weighted by Crippen LogP contribution is -2.42. The third-order valence-electron chi connectivity index (χ3n) is 4.45. The number of hydrogen-bond donors (Lipinski definition) is 1. The van der Waals surface area contributed by atoms with Gasteiger partial charge in [0.15, 0.2) is 0 Å². The molecule has 0 spiro atoms. The number of hydrogen-bond acceptors (Lipinski definition) is 3. The Morgan fingerprint density at radius 3 is 2.85 bits per heavy atom. The molecule has 20 heavy (non-hydrogen) atoms. The number of nitrogens with two attached hydrogens (primary N) is 1. The van der Waals surface area contributed by atoms with Crippen LogP contribution in [0, 0.1) is 11.8 Å². The number of rotatable bonds is 6. The molecule has 114 valence electrons. The van der Waals surface area contributed by atoms with Crippen molar-refractivity contribution in [3.8, 4) is 0 Å². The van der Waals surface area contributed by atoms with Crippen LogP contribution in [-0.2, 0) is 6.54 Å². The highest BCUT2D eigenvalue weighted by molar-refractivity contribution is 7.16. The van der Waals surface area contributed by atoms with Crippen LogP contribution in [0.3, 0.4) is 0 Å². The van der Waals surface area contributed by atoms with E-state index in [4.69, 9.17) is 17.3 Å². The molecule has 2 nitrogen and oxygen atoms in total. The summed E-state index contributed by atoms with van der Waals surface area (Å²) in [7, 11) is 2.20. The molecule has 1 fully saturated rings. The molecule has 1 aliphatic carbocycles. The molecule has 0 bridgehead atoms. The van der Waals surface area contributed by atoms with Crippen LogP contribution in [0.15, 0.2) is 12.1 Å². The van der Waals surface area contributed by atoms with Gasteiger partial charge in [-0.1, -0.05) is 31.4 Å². The van der Waals surface area contributed by atoms with Crippen LogP contribution in [0.2, 0.25) is 4.34 Å². The zero-order chi connectivity index (χ0) is 14.5. The smallest absolute Gasteiger partial charge is 0.0931 e. The van der Waals surface area contributed by atoms with Gasteiger partial charge in [-0.05, 0) is 50.3 Å². The van der Waals surface area contributed by atoms with Crippen LogP contribution in [0.1, 0.15) is 43.9 Å². The van der Waals surface area contributed by atoms with Crippen LogP contribution < -0.4 is 5.73 Å². The summed E-state index contributed by atoms with van der Waals surface area (Å²) in [4.78, 5) is 3.74. The fourth-order valence-electron chi connectivity index (χ4n) is 3.43. The molecule has 0 radical (unpaired) electrons. The molecule has 1 aromatic heterocycles. The highest BCUT2D eigenvalue weighted by Crippen LogP contribution is 2.32. The number of halogens is 1. The molecule has 0 aromatic carbocycles. The third kappa shape index (κ3) is 4.73. The lowest BCUT2D eigenvalue weighted by molar-refractivity contribution is 0.166. The molecule has 1 aromatic rings. The Morgan fingerprint density at radius 2 is 2.20 bits per heavy atom. The minimum Gasteiger partial charge on any atom is -0.327 e. The molecule has 3 atom stereocenters. The van der Waals surface area contributed by atoms with Gasteiger partial charge in [-0.3, -0.25) is 0 Å². The van der Waals surface area contributed by atoms with Crippen molar-refractivity contribution >= 4 is 22.9 Å². The summed E-state index contributed by atoms with van der Waals surface area (Å²) in [6.07, 6.45) is 6.51. The molecule has 3 unspecified atom stereocenters. The van der Waals surface area contributed by atoms with Gasteiger partial charge in [0, 0.05) is 24.0 Å². The first-order valence-electron chi connectivity index (χ1n) is 7.76. The van der Waals surface area contributed by atoms with E-state index in [0.717, 1.165) is 23.3 Å². The van der Waals surface area contributed by atoms with E-state index in [0.29, 0.717) is 12.0 Å². The van der Waals surface area contributed by atoms with E-state index in [-0.39, 0.29) is 0 Å². The predicted octanol–water partition coefficient (Wildman–Crippen LogP) is 4.38. The average Bonchev–Trinajstić information content (AvgIpc) is 2.79. The average molecular weight is 315 g/mol. The Kier molecular flexibility index (Phi) is 6.34. The van der Waals surface area contributed by atoms with Crippen LogP contribution in [0.25, 0.3) is 0 Å². The van der Waals surface area contributed by atoms with Crippen molar-refractivity contribution in [2.24, 2.45) is 17.6 Å². The zero-order valence-electron chi connectivity index (χ0n) is 12.6.